The van der Waals surface area contributed by atoms with Crippen molar-refractivity contribution in [3.63, 3.8) is 0 Å². The SMILES string of the molecule is CC1CC(C(=O)O)CN(C(=O)NC(C)COc2cccc(F)c2)C1. The van der Waals surface area contributed by atoms with Gasteiger partial charge in [0.1, 0.15) is 18.2 Å². The second-order valence-electron chi connectivity index (χ2n) is 6.40. The van der Waals surface area contributed by atoms with Gasteiger partial charge < -0.3 is 20.1 Å². The Hall–Kier alpha value is -2.31. The summed E-state index contributed by atoms with van der Waals surface area (Å²) < 4.78 is 18.5. The molecule has 3 atom stereocenters. The standard InChI is InChI=1S/C17H23FN2O4/c1-11-6-13(16(21)22)9-20(8-11)17(23)19-12(2)10-24-15-5-3-4-14(18)7-15/h3-5,7,11-13H,6,8-10H2,1-2H3,(H,19,23)(H,21,22). The Morgan fingerprint density at radius 3 is 2.88 bits per heavy atom. The lowest BCUT2D eigenvalue weighted by Gasteiger charge is -2.35. The fourth-order valence-corrected chi connectivity index (χ4v) is 2.82. The van der Waals surface area contributed by atoms with Crippen molar-refractivity contribution in [2.45, 2.75) is 26.3 Å². The maximum atomic E-state index is 13.1. The van der Waals surface area contributed by atoms with E-state index in [9.17, 15) is 14.0 Å². The van der Waals surface area contributed by atoms with Crippen molar-refractivity contribution >= 4 is 12.0 Å². The molecule has 1 heterocycles. The Morgan fingerprint density at radius 2 is 2.21 bits per heavy atom. The van der Waals surface area contributed by atoms with Crippen LogP contribution in [0, 0.1) is 17.7 Å². The van der Waals surface area contributed by atoms with Crippen LogP contribution in [0.25, 0.3) is 0 Å². The molecule has 1 aromatic carbocycles. The number of hydrogen-bond acceptors (Lipinski definition) is 3. The summed E-state index contributed by atoms with van der Waals surface area (Å²) in [6.45, 7) is 4.65. The molecule has 132 valence electrons. The van der Waals surface area contributed by atoms with E-state index in [0.717, 1.165) is 0 Å². The zero-order chi connectivity index (χ0) is 17.7. The van der Waals surface area contributed by atoms with Gasteiger partial charge in [0.15, 0.2) is 0 Å². The summed E-state index contributed by atoms with van der Waals surface area (Å²) >= 11 is 0. The average molecular weight is 338 g/mol. The van der Waals surface area contributed by atoms with Gasteiger partial charge in [-0.3, -0.25) is 4.79 Å². The number of carbonyl (C=O) groups is 2. The molecule has 2 amide bonds. The van der Waals surface area contributed by atoms with Gasteiger partial charge in [-0.15, -0.1) is 0 Å². The summed E-state index contributed by atoms with van der Waals surface area (Å²) in [6.07, 6.45) is 0.581. The van der Waals surface area contributed by atoms with Gasteiger partial charge in [-0.25, -0.2) is 9.18 Å². The quantitative estimate of drug-likeness (QED) is 0.864. The van der Waals surface area contributed by atoms with Crippen LogP contribution in [0.3, 0.4) is 0 Å². The van der Waals surface area contributed by atoms with Gasteiger partial charge in [0, 0.05) is 19.2 Å². The first kappa shape index (κ1) is 18.0. The summed E-state index contributed by atoms with van der Waals surface area (Å²) in [6, 6.07) is 5.20. The summed E-state index contributed by atoms with van der Waals surface area (Å²) in [5, 5.41) is 12.0. The van der Waals surface area contributed by atoms with Gasteiger partial charge in [-0.2, -0.15) is 0 Å². The van der Waals surface area contributed by atoms with Crippen molar-refractivity contribution in [3.8, 4) is 5.75 Å². The highest BCUT2D eigenvalue weighted by Gasteiger charge is 2.32. The molecule has 0 aromatic heterocycles. The van der Waals surface area contributed by atoms with Crippen molar-refractivity contribution in [2.24, 2.45) is 11.8 Å². The lowest BCUT2D eigenvalue weighted by atomic mass is 9.91. The first-order valence-electron chi connectivity index (χ1n) is 8.01. The van der Waals surface area contributed by atoms with E-state index in [4.69, 9.17) is 9.84 Å². The molecule has 2 rings (SSSR count). The third kappa shape index (κ3) is 5.11. The third-order valence-electron chi connectivity index (χ3n) is 3.96. The van der Waals surface area contributed by atoms with Gasteiger partial charge in [0.05, 0.1) is 12.0 Å². The number of carboxylic acids is 1. The predicted molar refractivity (Wildman–Crippen MR) is 86.4 cm³/mol. The van der Waals surface area contributed by atoms with Gasteiger partial charge in [0.2, 0.25) is 0 Å². The number of nitrogens with one attached hydrogen (secondary N) is 1. The smallest absolute Gasteiger partial charge is 0.317 e. The average Bonchev–Trinajstić information content (AvgIpc) is 2.52. The van der Waals surface area contributed by atoms with E-state index >= 15 is 0 Å². The second-order valence-corrected chi connectivity index (χ2v) is 6.40. The number of urea groups is 1. The molecule has 2 N–H and O–H groups in total. The molecule has 1 saturated heterocycles. The van der Waals surface area contributed by atoms with Crippen LogP contribution >= 0.6 is 0 Å². The van der Waals surface area contributed by atoms with Crippen molar-refractivity contribution in [2.75, 3.05) is 19.7 Å². The number of aliphatic carboxylic acids is 1. The topological polar surface area (TPSA) is 78.9 Å². The van der Waals surface area contributed by atoms with Crippen molar-refractivity contribution in [1.82, 2.24) is 10.2 Å². The molecule has 1 aromatic rings. The van der Waals surface area contributed by atoms with Crippen molar-refractivity contribution in [1.29, 1.82) is 0 Å². The molecular weight excluding hydrogens is 315 g/mol. The maximum absolute atomic E-state index is 13.1. The maximum Gasteiger partial charge on any atom is 0.317 e. The Bertz CT molecular complexity index is 596. The molecule has 6 nitrogen and oxygen atoms in total. The zero-order valence-corrected chi connectivity index (χ0v) is 13.9. The summed E-state index contributed by atoms with van der Waals surface area (Å²) in [4.78, 5) is 25.0. The number of hydrogen-bond donors (Lipinski definition) is 2. The van der Waals surface area contributed by atoms with Gasteiger partial charge in [-0.1, -0.05) is 13.0 Å². The van der Waals surface area contributed by atoms with E-state index in [1.54, 1.807) is 19.1 Å². The molecule has 0 radical (unpaired) electrons. The van der Waals surface area contributed by atoms with Crippen LogP contribution in [0.2, 0.25) is 0 Å². The predicted octanol–water partition coefficient (Wildman–Crippen LogP) is 2.35. The molecule has 1 aliphatic rings. The first-order valence-corrected chi connectivity index (χ1v) is 8.01. The lowest BCUT2D eigenvalue weighted by molar-refractivity contribution is -0.143. The number of halogens is 1. The molecule has 24 heavy (non-hydrogen) atoms. The molecular formula is C17H23FN2O4. The Balaban J connectivity index is 1.83. The molecule has 7 heteroatoms. The van der Waals surface area contributed by atoms with E-state index in [1.165, 1.54) is 17.0 Å². The lowest BCUT2D eigenvalue weighted by Crippen LogP contribution is -2.52. The Kier molecular flexibility index (Phi) is 6.00. The number of carbonyl (C=O) groups excluding carboxylic acids is 1. The molecule has 0 spiro atoms. The van der Waals surface area contributed by atoms with Crippen LogP contribution < -0.4 is 10.1 Å². The van der Waals surface area contributed by atoms with Crippen molar-refractivity contribution in [3.05, 3.63) is 30.1 Å². The third-order valence-corrected chi connectivity index (χ3v) is 3.96. The highest BCUT2D eigenvalue weighted by molar-refractivity contribution is 5.76. The number of amides is 2. The molecule has 0 saturated carbocycles. The summed E-state index contributed by atoms with van der Waals surface area (Å²) in [5.74, 6) is -1.25. The summed E-state index contributed by atoms with van der Waals surface area (Å²) in [5.41, 5.74) is 0. The fourth-order valence-electron chi connectivity index (χ4n) is 2.82. The van der Waals surface area contributed by atoms with E-state index in [1.807, 2.05) is 6.92 Å². The van der Waals surface area contributed by atoms with Crippen molar-refractivity contribution < 1.29 is 23.8 Å². The molecule has 3 unspecified atom stereocenters. The number of piperidine rings is 1. The van der Waals surface area contributed by atoms with E-state index in [-0.39, 0.29) is 37.0 Å². The van der Waals surface area contributed by atoms with E-state index in [2.05, 4.69) is 5.32 Å². The minimum absolute atomic E-state index is 0.143. The molecule has 1 fully saturated rings. The fraction of sp³-hybridized carbons (Fsp3) is 0.529. The number of benzene rings is 1. The highest BCUT2D eigenvalue weighted by Crippen LogP contribution is 2.21. The zero-order valence-electron chi connectivity index (χ0n) is 13.9. The van der Waals surface area contributed by atoms with Gasteiger partial charge >= 0.3 is 12.0 Å². The normalized spacial score (nSPS) is 21.9. The van der Waals surface area contributed by atoms with Gasteiger partial charge in [0.25, 0.3) is 0 Å². The number of ether oxygens (including phenoxy) is 1. The number of likely N-dealkylation sites (tertiary alicyclic amines) is 1. The largest absolute Gasteiger partial charge is 0.491 e. The van der Waals surface area contributed by atoms with Crippen LogP contribution in [0.5, 0.6) is 5.75 Å². The minimum atomic E-state index is -0.873. The van der Waals surface area contributed by atoms with E-state index in [0.29, 0.717) is 18.7 Å². The van der Waals surface area contributed by atoms with E-state index < -0.39 is 11.9 Å². The second kappa shape index (κ2) is 7.99. The van der Waals surface area contributed by atoms with Crippen LogP contribution in [0.15, 0.2) is 24.3 Å². The Morgan fingerprint density at radius 1 is 1.46 bits per heavy atom. The molecule has 0 aliphatic carbocycles. The molecule has 1 aliphatic heterocycles. The summed E-state index contributed by atoms with van der Waals surface area (Å²) in [7, 11) is 0. The van der Waals surface area contributed by atoms with Crippen LogP contribution in [0.4, 0.5) is 9.18 Å². The first-order chi connectivity index (χ1) is 11.3. The number of nitrogens with zero attached hydrogens (tertiary/aromatic N) is 1. The number of rotatable bonds is 5. The Labute approximate surface area is 140 Å². The monoisotopic (exact) mass is 338 g/mol. The number of carboxylic acid groups (broad SMARTS) is 1. The highest BCUT2D eigenvalue weighted by atomic mass is 19.1. The van der Waals surface area contributed by atoms with Gasteiger partial charge in [-0.05, 0) is 31.4 Å². The minimum Gasteiger partial charge on any atom is -0.491 e. The van der Waals surface area contributed by atoms with Crippen LogP contribution in [-0.2, 0) is 4.79 Å². The van der Waals surface area contributed by atoms with Crippen LogP contribution in [-0.4, -0.2) is 47.7 Å². The molecule has 0 bridgehead atoms. The van der Waals surface area contributed by atoms with Crippen LogP contribution in [0.1, 0.15) is 20.3 Å².